The molecule has 0 aliphatic rings. The van der Waals surface area contributed by atoms with Crippen LogP contribution in [0.25, 0.3) is 10.8 Å². The minimum Gasteiger partial charge on any atom is -0.444 e. The lowest BCUT2D eigenvalue weighted by Crippen LogP contribution is -2.52. The first-order valence-electron chi connectivity index (χ1n) is 15.6. The lowest BCUT2D eigenvalue weighted by molar-refractivity contribution is -0.128. The van der Waals surface area contributed by atoms with E-state index in [0.29, 0.717) is 38.8 Å². The number of nitrogens with two attached hydrogens (primary N) is 2. The summed E-state index contributed by atoms with van der Waals surface area (Å²) in [5, 5.41) is 7.63. The zero-order valence-electron chi connectivity index (χ0n) is 27.5. The number of hydrogen-bond donors (Lipinski definition) is 6. The molecule has 0 heterocycles. The van der Waals surface area contributed by atoms with E-state index in [2.05, 4.69) is 20.8 Å². The van der Waals surface area contributed by atoms with Gasteiger partial charge in [0.25, 0.3) is 5.91 Å². The molecule has 0 radical (unpaired) electrons. The van der Waals surface area contributed by atoms with E-state index in [1.165, 1.54) is 0 Å². The molecule has 4 amide bonds. The number of carbonyl (C=O) groups excluding carboxylic acids is 4. The Bertz CT molecular complexity index is 1480. The zero-order chi connectivity index (χ0) is 34.4. The Kier molecular flexibility index (Phi) is 14.5. The Balaban J connectivity index is 1.68. The van der Waals surface area contributed by atoms with Crippen molar-refractivity contribution in [2.24, 2.45) is 11.5 Å². The van der Waals surface area contributed by atoms with Gasteiger partial charge in [-0.1, -0.05) is 66.7 Å². The van der Waals surface area contributed by atoms with Crippen molar-refractivity contribution in [3.05, 3.63) is 83.9 Å². The van der Waals surface area contributed by atoms with Gasteiger partial charge in [0.15, 0.2) is 0 Å². The summed E-state index contributed by atoms with van der Waals surface area (Å²) in [4.78, 5) is 50.4. The molecule has 3 aromatic rings. The van der Waals surface area contributed by atoms with Crippen molar-refractivity contribution in [2.75, 3.05) is 6.54 Å². The summed E-state index contributed by atoms with van der Waals surface area (Å²) < 4.78 is 10.0. The molecule has 0 aliphatic carbocycles. The topological polar surface area (TPSA) is 181 Å². The third-order valence-electron chi connectivity index (χ3n) is 6.94. The van der Waals surface area contributed by atoms with Crippen LogP contribution in [0.5, 0.6) is 0 Å². The second-order valence-corrected chi connectivity index (χ2v) is 13.2. The number of hydrazine groups is 1. The van der Waals surface area contributed by atoms with Gasteiger partial charge >= 0.3 is 6.09 Å². The monoisotopic (exact) mass is 665 g/mol. The molecule has 0 bridgehead atoms. The molecule has 0 spiro atoms. The smallest absolute Gasteiger partial charge is 0.407 e. The van der Waals surface area contributed by atoms with E-state index < -0.39 is 41.6 Å². The highest BCUT2D eigenvalue weighted by Crippen LogP contribution is 2.19. The van der Waals surface area contributed by atoms with E-state index in [1.807, 2.05) is 72.8 Å². The van der Waals surface area contributed by atoms with Crippen LogP contribution in [-0.2, 0) is 32.1 Å². The van der Waals surface area contributed by atoms with Crippen LogP contribution >= 0.6 is 12.1 Å². The van der Waals surface area contributed by atoms with Crippen molar-refractivity contribution in [1.29, 1.82) is 0 Å². The summed E-state index contributed by atoms with van der Waals surface area (Å²) in [5.74, 6) is -1.48. The minimum atomic E-state index is -0.916. The number of hydrogen-bond acceptors (Lipinski definition) is 9. The number of benzene rings is 3. The lowest BCUT2D eigenvalue weighted by Gasteiger charge is -2.27. The van der Waals surface area contributed by atoms with Gasteiger partial charge in [-0.3, -0.25) is 19.8 Å². The van der Waals surface area contributed by atoms with Crippen LogP contribution in [0.15, 0.2) is 72.8 Å². The summed E-state index contributed by atoms with van der Waals surface area (Å²) in [6.07, 6.45) is 1.16. The largest absolute Gasteiger partial charge is 0.444 e. The first kappa shape index (κ1) is 37.3. The molecule has 0 unspecified atom stereocenters. The van der Waals surface area contributed by atoms with Crippen molar-refractivity contribution in [3.63, 3.8) is 0 Å². The van der Waals surface area contributed by atoms with Gasteiger partial charge in [-0.15, -0.1) is 4.41 Å². The van der Waals surface area contributed by atoms with Crippen molar-refractivity contribution >= 4 is 46.7 Å². The van der Waals surface area contributed by atoms with Crippen molar-refractivity contribution < 1.29 is 23.9 Å². The number of fused-ring (bicyclic) bond motifs is 1. The van der Waals surface area contributed by atoms with E-state index in [9.17, 15) is 19.2 Å². The van der Waals surface area contributed by atoms with E-state index in [4.69, 9.17) is 16.2 Å². The Hall–Kier alpha value is -4.17. The van der Waals surface area contributed by atoms with Crippen molar-refractivity contribution in [2.45, 2.75) is 83.6 Å². The number of rotatable bonds is 17. The Morgan fingerprint density at radius 1 is 0.872 bits per heavy atom. The number of unbranched alkanes of at least 4 members (excludes halogenated alkanes) is 1. The maximum absolute atomic E-state index is 13.6. The second-order valence-electron chi connectivity index (χ2n) is 12.3. The minimum absolute atomic E-state index is 0.292. The zero-order valence-corrected chi connectivity index (χ0v) is 28.3. The fourth-order valence-electron chi connectivity index (χ4n) is 4.52. The molecule has 0 aromatic heterocycles. The van der Waals surface area contributed by atoms with Gasteiger partial charge in [0.1, 0.15) is 17.7 Å². The fourth-order valence-corrected chi connectivity index (χ4v) is 5.32. The van der Waals surface area contributed by atoms with E-state index in [-0.39, 0.29) is 5.91 Å². The van der Waals surface area contributed by atoms with Crippen molar-refractivity contribution in [3.8, 4) is 0 Å². The maximum atomic E-state index is 13.6. The van der Waals surface area contributed by atoms with Crippen molar-refractivity contribution in [1.82, 2.24) is 25.2 Å². The van der Waals surface area contributed by atoms with E-state index >= 15 is 0 Å². The van der Waals surface area contributed by atoms with Crippen LogP contribution in [0.3, 0.4) is 0 Å². The number of amides is 4. The van der Waals surface area contributed by atoms with Gasteiger partial charge in [-0.25, -0.2) is 9.52 Å². The summed E-state index contributed by atoms with van der Waals surface area (Å²) >= 11 is 1.06. The molecule has 0 aliphatic heterocycles. The molecule has 3 atom stereocenters. The molecule has 0 saturated carbocycles. The van der Waals surface area contributed by atoms with Gasteiger partial charge in [-0.2, -0.15) is 0 Å². The normalized spacial score (nSPS) is 13.4. The van der Waals surface area contributed by atoms with Gasteiger partial charge in [-0.05, 0) is 81.3 Å². The number of nitrogens with zero attached hydrogens (tertiary/aromatic N) is 1. The average molecular weight is 666 g/mol. The highest BCUT2D eigenvalue weighted by Gasteiger charge is 2.26. The third kappa shape index (κ3) is 13.6. The average Bonchev–Trinajstić information content (AvgIpc) is 3.01. The van der Waals surface area contributed by atoms with Gasteiger partial charge < -0.3 is 26.8 Å². The number of primary amides is 1. The molecule has 12 nitrogen and oxygen atoms in total. The van der Waals surface area contributed by atoms with Crippen LogP contribution in [0, 0.1) is 0 Å². The molecule has 0 saturated heterocycles. The molecule has 254 valence electrons. The number of carbonyl (C=O) groups is 4. The molecule has 3 rings (SSSR count). The van der Waals surface area contributed by atoms with Gasteiger partial charge in [0.2, 0.25) is 11.8 Å². The number of ether oxygens (including phenoxy) is 1. The summed E-state index contributed by atoms with van der Waals surface area (Å²) in [7, 11) is 0. The Morgan fingerprint density at radius 2 is 1.55 bits per heavy atom. The fraction of sp³-hybridized carbons (Fsp3) is 0.412. The molecular weight excluding hydrogens is 618 g/mol. The van der Waals surface area contributed by atoms with Crippen LogP contribution in [0.4, 0.5) is 4.79 Å². The first-order chi connectivity index (χ1) is 22.3. The second kappa shape index (κ2) is 18.2. The summed E-state index contributed by atoms with van der Waals surface area (Å²) in [6.45, 7) is 7.59. The highest BCUT2D eigenvalue weighted by atomic mass is 32.2. The molecular formula is C34H47N7O5S. The highest BCUT2D eigenvalue weighted by molar-refractivity contribution is 7.95. The number of nitrogens with one attached hydrogen (secondary N) is 4. The third-order valence-corrected chi connectivity index (χ3v) is 7.77. The van der Waals surface area contributed by atoms with Crippen LogP contribution in [-0.4, -0.2) is 58.5 Å². The standard InChI is InChI=1S/C34H47N7O5S/c1-23(35)31(43)39-41(22-25-17-18-26-14-8-9-15-27(26)20-25)47-40-29(21-24-12-6-5-7-13-24)32(44)38-28(30(36)42)16-10-11-19-37-33(45)46-34(2,3)4/h5-9,12-15,17-18,20,23,28-29,40H,10-11,16,19,21-22,35H2,1-4H3,(H2,36,42)(H,37,45)(H,38,44)(H,39,43)/t23-,28-,29+/m0/s1. The van der Waals surface area contributed by atoms with E-state index in [0.717, 1.165) is 34.0 Å². The summed E-state index contributed by atoms with van der Waals surface area (Å²) in [6, 6.07) is 21.0. The SMILES string of the molecule is C[C@H](N)C(=O)NN(Cc1ccc2ccccc2c1)SN[C@H](Cc1ccccc1)C(=O)N[C@@H](CCCCNC(=O)OC(C)(C)C)C(N)=O. The number of alkyl carbamates (subject to hydrolysis) is 1. The van der Waals surface area contributed by atoms with Crippen LogP contribution < -0.4 is 32.2 Å². The molecule has 0 fully saturated rings. The Labute approximate surface area is 281 Å². The van der Waals surface area contributed by atoms with Gasteiger partial charge in [0.05, 0.1) is 12.6 Å². The van der Waals surface area contributed by atoms with Crippen LogP contribution in [0.2, 0.25) is 0 Å². The molecule has 13 heteroatoms. The van der Waals surface area contributed by atoms with Gasteiger partial charge in [0, 0.05) is 18.7 Å². The predicted octanol–water partition coefficient (Wildman–Crippen LogP) is 3.45. The first-order valence-corrected chi connectivity index (χ1v) is 16.4. The molecule has 8 N–H and O–H groups in total. The Morgan fingerprint density at radius 3 is 2.21 bits per heavy atom. The quantitative estimate of drug-likeness (QED) is 0.0715. The molecule has 3 aromatic carbocycles. The predicted molar refractivity (Wildman–Crippen MR) is 185 cm³/mol. The van der Waals surface area contributed by atoms with E-state index in [1.54, 1.807) is 32.1 Å². The lowest BCUT2D eigenvalue weighted by atomic mass is 10.0. The molecule has 47 heavy (non-hydrogen) atoms. The van der Waals surface area contributed by atoms with Crippen LogP contribution in [0.1, 0.15) is 58.1 Å². The summed E-state index contributed by atoms with van der Waals surface area (Å²) in [5.41, 5.74) is 15.5. The maximum Gasteiger partial charge on any atom is 0.407 e.